The monoisotopic (exact) mass is 301 g/mol. The van der Waals surface area contributed by atoms with Crippen molar-refractivity contribution in [2.24, 2.45) is 0 Å². The number of aromatic amines is 1. The average molecular weight is 301 g/mol. The highest BCUT2D eigenvalue weighted by Gasteiger charge is 2.05. The van der Waals surface area contributed by atoms with E-state index in [2.05, 4.69) is 15.5 Å². The smallest absolute Gasteiger partial charge is 0.251 e. The predicted molar refractivity (Wildman–Crippen MR) is 81.9 cm³/mol. The number of nitrogens with one attached hydrogen (secondary N) is 2. The van der Waals surface area contributed by atoms with Gasteiger partial charge in [-0.05, 0) is 30.3 Å². The van der Waals surface area contributed by atoms with Gasteiger partial charge in [0.05, 0.1) is 18.3 Å². The van der Waals surface area contributed by atoms with E-state index in [1.807, 2.05) is 0 Å². The second kappa shape index (κ2) is 7.90. The molecule has 3 rings (SSSR count). The van der Waals surface area contributed by atoms with Gasteiger partial charge >= 0.3 is 0 Å². The first-order valence-corrected chi connectivity index (χ1v) is 6.73. The van der Waals surface area contributed by atoms with Crippen LogP contribution >= 0.6 is 0 Å². The molecule has 2 aromatic carbocycles. The number of fused-ring (bicyclic) bond motifs is 1. The molecule has 0 fully saturated rings. The molecule has 1 amide bonds. The molecule has 0 aliphatic rings. The van der Waals surface area contributed by atoms with Crippen LogP contribution in [0.3, 0.4) is 0 Å². The average Bonchev–Trinajstić information content (AvgIpc) is 3.01. The first kappa shape index (κ1) is 15.7. The van der Waals surface area contributed by atoms with Gasteiger partial charge in [-0.15, -0.1) is 0 Å². The van der Waals surface area contributed by atoms with Gasteiger partial charge in [-0.3, -0.25) is 9.89 Å². The van der Waals surface area contributed by atoms with E-state index in [0.717, 1.165) is 10.9 Å². The number of hydrogen-bond acceptors (Lipinski definition) is 3. The van der Waals surface area contributed by atoms with Crippen LogP contribution in [0.4, 0.5) is 4.39 Å². The topological polar surface area (TPSA) is 78.0 Å². The summed E-state index contributed by atoms with van der Waals surface area (Å²) >= 11 is 0. The minimum Gasteiger partial charge on any atom is -0.395 e. The summed E-state index contributed by atoms with van der Waals surface area (Å²) in [7, 11) is 0. The van der Waals surface area contributed by atoms with Gasteiger partial charge in [-0.25, -0.2) is 4.39 Å². The maximum absolute atomic E-state index is 11.9. The molecule has 0 aliphatic carbocycles. The van der Waals surface area contributed by atoms with Crippen molar-refractivity contribution in [2.75, 3.05) is 13.2 Å². The first-order valence-electron chi connectivity index (χ1n) is 6.73. The second-order valence-corrected chi connectivity index (χ2v) is 4.45. The van der Waals surface area contributed by atoms with Crippen molar-refractivity contribution in [1.29, 1.82) is 0 Å². The molecule has 0 radical (unpaired) electrons. The summed E-state index contributed by atoms with van der Waals surface area (Å²) in [4.78, 5) is 11.5. The molecule has 0 aliphatic heterocycles. The third-order valence-electron chi connectivity index (χ3n) is 2.83. The van der Waals surface area contributed by atoms with Crippen molar-refractivity contribution in [3.05, 3.63) is 66.1 Å². The van der Waals surface area contributed by atoms with E-state index < -0.39 is 0 Å². The molecule has 0 bridgehead atoms. The standard InChI is InChI=1S/C10H11N3O2.C6H5F/c14-4-3-11-10(15)7-1-2-9-8(5-7)6-12-13-9;7-6-4-2-1-3-5-6/h1-2,5-6,14H,3-4H2,(H,11,15)(H,12,13);1-5H. The molecule has 3 aromatic rings. The Morgan fingerprint density at radius 2 is 2.00 bits per heavy atom. The zero-order valence-corrected chi connectivity index (χ0v) is 11.8. The van der Waals surface area contributed by atoms with E-state index in [1.165, 1.54) is 12.1 Å². The lowest BCUT2D eigenvalue weighted by Gasteiger charge is -2.02. The highest BCUT2D eigenvalue weighted by molar-refractivity contribution is 5.97. The van der Waals surface area contributed by atoms with Gasteiger partial charge in [0.1, 0.15) is 5.82 Å². The largest absolute Gasteiger partial charge is 0.395 e. The highest BCUT2D eigenvalue weighted by Crippen LogP contribution is 2.12. The van der Waals surface area contributed by atoms with Crippen molar-refractivity contribution in [3.63, 3.8) is 0 Å². The Bertz CT molecular complexity index is 728. The number of aliphatic hydroxyl groups excluding tert-OH is 1. The van der Waals surface area contributed by atoms with Crippen LogP contribution in [0, 0.1) is 5.82 Å². The van der Waals surface area contributed by atoms with E-state index >= 15 is 0 Å². The SMILES string of the molecule is Fc1ccccc1.O=C(NCCO)c1ccc2[nH]ncc2c1. The van der Waals surface area contributed by atoms with Crippen LogP contribution in [0.5, 0.6) is 0 Å². The van der Waals surface area contributed by atoms with Gasteiger partial charge in [-0.2, -0.15) is 5.10 Å². The van der Waals surface area contributed by atoms with Gasteiger partial charge in [0, 0.05) is 17.5 Å². The Morgan fingerprint density at radius 3 is 2.64 bits per heavy atom. The van der Waals surface area contributed by atoms with E-state index in [1.54, 1.807) is 42.6 Å². The molecular formula is C16H16FN3O2. The molecule has 3 N–H and O–H groups in total. The Balaban J connectivity index is 0.000000211. The fourth-order valence-corrected chi connectivity index (χ4v) is 1.77. The third kappa shape index (κ3) is 4.39. The maximum Gasteiger partial charge on any atom is 0.251 e. The quantitative estimate of drug-likeness (QED) is 0.693. The zero-order chi connectivity index (χ0) is 15.8. The molecule has 0 spiro atoms. The number of halogens is 1. The number of aromatic nitrogens is 2. The number of aliphatic hydroxyl groups is 1. The van der Waals surface area contributed by atoms with E-state index in [-0.39, 0.29) is 24.9 Å². The fraction of sp³-hybridized carbons (Fsp3) is 0.125. The number of nitrogens with zero attached hydrogens (tertiary/aromatic N) is 1. The molecule has 22 heavy (non-hydrogen) atoms. The molecule has 0 atom stereocenters. The molecule has 0 saturated heterocycles. The number of rotatable bonds is 3. The Labute approximate surface area is 126 Å². The van der Waals surface area contributed by atoms with E-state index in [4.69, 9.17) is 5.11 Å². The molecule has 5 nitrogen and oxygen atoms in total. The number of hydrogen-bond donors (Lipinski definition) is 3. The van der Waals surface area contributed by atoms with E-state index in [9.17, 15) is 9.18 Å². The van der Waals surface area contributed by atoms with Crippen molar-refractivity contribution in [1.82, 2.24) is 15.5 Å². The summed E-state index contributed by atoms with van der Waals surface area (Å²) in [6.45, 7) is 0.210. The van der Waals surface area contributed by atoms with Crippen molar-refractivity contribution >= 4 is 16.8 Å². The molecule has 1 aromatic heterocycles. The van der Waals surface area contributed by atoms with Gasteiger partial charge in [0.15, 0.2) is 0 Å². The number of benzene rings is 2. The Hall–Kier alpha value is -2.73. The van der Waals surface area contributed by atoms with Crippen LogP contribution < -0.4 is 5.32 Å². The summed E-state index contributed by atoms with van der Waals surface area (Å²) in [5.41, 5.74) is 1.46. The van der Waals surface area contributed by atoms with Crippen LogP contribution in [0.1, 0.15) is 10.4 Å². The Morgan fingerprint density at radius 1 is 1.23 bits per heavy atom. The van der Waals surface area contributed by atoms with Gasteiger partial charge in [-0.1, -0.05) is 18.2 Å². The number of amides is 1. The van der Waals surface area contributed by atoms with Gasteiger partial charge in [0.2, 0.25) is 0 Å². The normalized spacial score (nSPS) is 9.91. The molecule has 0 saturated carbocycles. The molecule has 1 heterocycles. The lowest BCUT2D eigenvalue weighted by Crippen LogP contribution is -2.26. The van der Waals surface area contributed by atoms with Gasteiger partial charge in [0.25, 0.3) is 5.91 Å². The Kier molecular flexibility index (Phi) is 5.62. The minimum atomic E-state index is -0.188. The fourth-order valence-electron chi connectivity index (χ4n) is 1.77. The predicted octanol–water partition coefficient (Wildman–Crippen LogP) is 2.11. The summed E-state index contributed by atoms with van der Waals surface area (Å²) in [6, 6.07) is 13.2. The van der Waals surface area contributed by atoms with Crippen molar-refractivity contribution in [2.45, 2.75) is 0 Å². The van der Waals surface area contributed by atoms with Crippen LogP contribution in [-0.2, 0) is 0 Å². The van der Waals surface area contributed by atoms with Crippen molar-refractivity contribution in [3.8, 4) is 0 Å². The van der Waals surface area contributed by atoms with Crippen LogP contribution in [0.15, 0.2) is 54.7 Å². The van der Waals surface area contributed by atoms with E-state index in [0.29, 0.717) is 5.56 Å². The first-order chi connectivity index (χ1) is 10.7. The minimum absolute atomic E-state index is 0.0559. The van der Waals surface area contributed by atoms with Crippen LogP contribution in [0.25, 0.3) is 10.9 Å². The number of H-pyrrole nitrogens is 1. The molecular weight excluding hydrogens is 285 g/mol. The lowest BCUT2D eigenvalue weighted by atomic mass is 10.1. The lowest BCUT2D eigenvalue weighted by molar-refractivity contribution is 0.0945. The summed E-state index contributed by atoms with van der Waals surface area (Å²) < 4.78 is 11.9. The molecule has 114 valence electrons. The summed E-state index contributed by atoms with van der Waals surface area (Å²) in [5, 5.41) is 18.7. The van der Waals surface area contributed by atoms with Gasteiger partial charge < -0.3 is 10.4 Å². The summed E-state index contributed by atoms with van der Waals surface area (Å²) in [5.74, 6) is -0.366. The zero-order valence-electron chi connectivity index (χ0n) is 11.8. The molecule has 0 unspecified atom stereocenters. The summed E-state index contributed by atoms with van der Waals surface area (Å²) in [6.07, 6.45) is 1.66. The van der Waals surface area contributed by atoms with Crippen LogP contribution in [0.2, 0.25) is 0 Å². The maximum atomic E-state index is 11.9. The third-order valence-corrected chi connectivity index (χ3v) is 2.83. The number of carbonyl (C=O) groups is 1. The number of carbonyl (C=O) groups excluding carboxylic acids is 1. The highest BCUT2D eigenvalue weighted by atomic mass is 19.1. The molecule has 6 heteroatoms. The second-order valence-electron chi connectivity index (χ2n) is 4.45. The van der Waals surface area contributed by atoms with Crippen LogP contribution in [-0.4, -0.2) is 34.4 Å². The van der Waals surface area contributed by atoms with Crippen molar-refractivity contribution < 1.29 is 14.3 Å².